The summed E-state index contributed by atoms with van der Waals surface area (Å²) in [6.45, 7) is 7.63. The topological polar surface area (TPSA) is 40.1 Å². The number of aliphatic imine (C=N–C) groups is 1. The van der Waals surface area contributed by atoms with E-state index in [1.165, 1.54) is 12.0 Å². The van der Waals surface area contributed by atoms with Crippen molar-refractivity contribution in [3.63, 3.8) is 0 Å². The quantitative estimate of drug-likeness (QED) is 0.403. The van der Waals surface area contributed by atoms with Gasteiger partial charge in [-0.25, -0.2) is 0 Å². The molecule has 0 amide bonds. The number of hydrogen-bond acceptors (Lipinski definition) is 3. The number of guanidine groups is 1. The van der Waals surface area contributed by atoms with Crippen LogP contribution in [0, 0.1) is 11.8 Å². The van der Waals surface area contributed by atoms with Crippen molar-refractivity contribution in [2.45, 2.75) is 26.3 Å². The predicted octanol–water partition coefficient (Wildman–Crippen LogP) is 3.47. The van der Waals surface area contributed by atoms with Gasteiger partial charge >= 0.3 is 0 Å². The van der Waals surface area contributed by atoms with Crippen LogP contribution in [0.3, 0.4) is 0 Å². The predicted molar refractivity (Wildman–Crippen MR) is 121 cm³/mol. The van der Waals surface area contributed by atoms with Gasteiger partial charge in [-0.15, -0.1) is 24.0 Å². The number of hydrogen-bond donors (Lipinski definition) is 1. The van der Waals surface area contributed by atoms with Crippen molar-refractivity contribution in [1.29, 1.82) is 0 Å². The Morgan fingerprint density at radius 3 is 2.50 bits per heavy atom. The van der Waals surface area contributed by atoms with E-state index >= 15 is 0 Å². The van der Waals surface area contributed by atoms with Gasteiger partial charge in [-0.2, -0.15) is 0 Å². The van der Waals surface area contributed by atoms with Gasteiger partial charge in [0.1, 0.15) is 5.75 Å². The lowest BCUT2D eigenvalue weighted by Gasteiger charge is -2.37. The molecule has 5 nitrogen and oxygen atoms in total. The van der Waals surface area contributed by atoms with Gasteiger partial charge in [-0.05, 0) is 50.0 Å². The molecule has 3 atom stereocenters. The second kappa shape index (κ2) is 11.0. The molecule has 0 radical (unpaired) electrons. The molecule has 3 unspecified atom stereocenters. The molecule has 0 saturated carbocycles. The summed E-state index contributed by atoms with van der Waals surface area (Å²) in [6, 6.07) is 8.56. The minimum atomic E-state index is 0. The second-order valence-electron chi connectivity index (χ2n) is 7.54. The number of halogens is 1. The highest BCUT2D eigenvalue weighted by Crippen LogP contribution is 2.23. The first-order valence-corrected chi connectivity index (χ1v) is 9.20. The lowest BCUT2D eigenvalue weighted by Crippen LogP contribution is -2.49. The largest absolute Gasteiger partial charge is 0.497 e. The average molecular weight is 474 g/mol. The highest BCUT2D eigenvalue weighted by Gasteiger charge is 2.25. The zero-order valence-electron chi connectivity index (χ0n) is 17.0. The van der Waals surface area contributed by atoms with E-state index < -0.39 is 0 Å². The van der Waals surface area contributed by atoms with Gasteiger partial charge in [0.15, 0.2) is 5.96 Å². The van der Waals surface area contributed by atoms with E-state index in [2.05, 4.69) is 60.2 Å². The maximum atomic E-state index is 5.38. The molecule has 1 saturated heterocycles. The van der Waals surface area contributed by atoms with Gasteiger partial charge in [0.25, 0.3) is 0 Å². The normalized spacial score (nSPS) is 22.0. The molecule has 1 aliphatic heterocycles. The Balaban J connectivity index is 0.00000338. The summed E-state index contributed by atoms with van der Waals surface area (Å²) < 4.78 is 5.38. The third-order valence-electron chi connectivity index (χ3n) is 4.94. The summed E-state index contributed by atoms with van der Waals surface area (Å²) in [5, 5.41) is 3.59. The lowest BCUT2D eigenvalue weighted by molar-refractivity contribution is 0.206. The number of likely N-dealkylation sites (tertiary alicyclic amines) is 1. The van der Waals surface area contributed by atoms with Crippen LogP contribution in [0.25, 0.3) is 0 Å². The summed E-state index contributed by atoms with van der Waals surface area (Å²) >= 11 is 0. The highest BCUT2D eigenvalue weighted by molar-refractivity contribution is 14.0. The van der Waals surface area contributed by atoms with Gasteiger partial charge in [-0.1, -0.05) is 26.0 Å². The third kappa shape index (κ3) is 6.30. The molecule has 26 heavy (non-hydrogen) atoms. The first kappa shape index (κ1) is 23.0. The number of ether oxygens (including phenoxy) is 1. The minimum absolute atomic E-state index is 0. The standard InChI is InChI=1S/C20H34N4O.HI/c1-15-10-16(2)14-24(13-15)20(21-3)22-12-19(23(4)5)17-8-7-9-18(11-17)25-6;/h7-9,11,15-16,19H,10,12-14H2,1-6H3,(H,21,22);1H. The number of piperidine rings is 1. The van der Waals surface area contributed by atoms with Crippen molar-refractivity contribution in [3.05, 3.63) is 29.8 Å². The highest BCUT2D eigenvalue weighted by atomic mass is 127. The number of nitrogens with zero attached hydrogens (tertiary/aromatic N) is 3. The zero-order chi connectivity index (χ0) is 18.4. The summed E-state index contributed by atoms with van der Waals surface area (Å²) in [4.78, 5) is 9.16. The summed E-state index contributed by atoms with van der Waals surface area (Å²) in [7, 11) is 7.81. The molecule has 0 aromatic heterocycles. The molecule has 0 spiro atoms. The van der Waals surface area contributed by atoms with E-state index in [-0.39, 0.29) is 30.0 Å². The van der Waals surface area contributed by atoms with E-state index in [4.69, 9.17) is 4.74 Å². The van der Waals surface area contributed by atoms with Gasteiger partial charge in [0.2, 0.25) is 0 Å². The molecule has 1 fully saturated rings. The fourth-order valence-corrected chi connectivity index (χ4v) is 3.80. The second-order valence-corrected chi connectivity index (χ2v) is 7.54. The lowest BCUT2D eigenvalue weighted by atomic mass is 9.92. The molecule has 1 aromatic carbocycles. The Labute approximate surface area is 176 Å². The van der Waals surface area contributed by atoms with Crippen LogP contribution in [0.5, 0.6) is 5.75 Å². The molecular weight excluding hydrogens is 439 g/mol. The van der Waals surface area contributed by atoms with Gasteiger partial charge < -0.3 is 19.9 Å². The monoisotopic (exact) mass is 474 g/mol. The fourth-order valence-electron chi connectivity index (χ4n) is 3.80. The molecule has 1 N–H and O–H groups in total. The minimum Gasteiger partial charge on any atom is -0.497 e. The SMILES string of the molecule is CN=C(NCC(c1cccc(OC)c1)N(C)C)N1CC(C)CC(C)C1.I. The maximum Gasteiger partial charge on any atom is 0.193 e. The molecule has 6 heteroatoms. The van der Waals surface area contributed by atoms with E-state index in [0.29, 0.717) is 11.8 Å². The Morgan fingerprint density at radius 2 is 1.96 bits per heavy atom. The fraction of sp³-hybridized carbons (Fsp3) is 0.650. The Morgan fingerprint density at radius 1 is 1.31 bits per heavy atom. The summed E-state index contributed by atoms with van der Waals surface area (Å²) in [5.41, 5.74) is 1.24. The number of likely N-dealkylation sites (N-methyl/N-ethyl adjacent to an activating group) is 1. The first-order valence-electron chi connectivity index (χ1n) is 9.20. The Bertz CT molecular complexity index is 569. The molecule has 0 aliphatic carbocycles. The molecule has 1 heterocycles. The number of benzene rings is 1. The van der Waals surface area contributed by atoms with Gasteiger partial charge in [-0.3, -0.25) is 4.99 Å². The Kier molecular flexibility index (Phi) is 9.71. The van der Waals surface area contributed by atoms with E-state index in [1.807, 2.05) is 19.2 Å². The van der Waals surface area contributed by atoms with Crippen molar-refractivity contribution in [2.75, 3.05) is 47.9 Å². The van der Waals surface area contributed by atoms with E-state index in [0.717, 1.165) is 31.3 Å². The van der Waals surface area contributed by atoms with Gasteiger partial charge in [0, 0.05) is 26.7 Å². The summed E-state index contributed by atoms with van der Waals surface area (Å²) in [5.74, 6) is 3.33. The molecule has 1 aromatic rings. The first-order chi connectivity index (χ1) is 11.9. The molecule has 1 aliphatic rings. The van der Waals surface area contributed by atoms with Crippen LogP contribution in [0.1, 0.15) is 31.9 Å². The molecular formula is C20H35IN4O. The van der Waals surface area contributed by atoms with Crippen molar-refractivity contribution in [3.8, 4) is 5.75 Å². The van der Waals surface area contributed by atoms with Crippen molar-refractivity contribution < 1.29 is 4.74 Å². The van der Waals surface area contributed by atoms with Crippen LogP contribution >= 0.6 is 24.0 Å². The van der Waals surface area contributed by atoms with Crippen LogP contribution in [0.15, 0.2) is 29.3 Å². The van der Waals surface area contributed by atoms with Crippen LogP contribution in [0.2, 0.25) is 0 Å². The zero-order valence-corrected chi connectivity index (χ0v) is 19.4. The van der Waals surface area contributed by atoms with Gasteiger partial charge in [0.05, 0.1) is 13.2 Å². The molecule has 148 valence electrons. The van der Waals surface area contributed by atoms with Crippen LogP contribution in [-0.2, 0) is 0 Å². The Hall–Kier alpha value is -1.02. The van der Waals surface area contributed by atoms with Crippen LogP contribution in [-0.4, -0.2) is 63.6 Å². The number of methoxy groups -OCH3 is 1. The van der Waals surface area contributed by atoms with E-state index in [9.17, 15) is 0 Å². The third-order valence-corrected chi connectivity index (χ3v) is 4.94. The number of rotatable bonds is 5. The van der Waals surface area contributed by atoms with Crippen LogP contribution < -0.4 is 10.1 Å². The molecule has 2 rings (SSSR count). The smallest absolute Gasteiger partial charge is 0.193 e. The van der Waals surface area contributed by atoms with Crippen molar-refractivity contribution >= 4 is 29.9 Å². The maximum absolute atomic E-state index is 5.38. The average Bonchev–Trinajstić information content (AvgIpc) is 2.57. The van der Waals surface area contributed by atoms with E-state index in [1.54, 1.807) is 7.11 Å². The summed E-state index contributed by atoms with van der Waals surface area (Å²) in [6.07, 6.45) is 1.30. The van der Waals surface area contributed by atoms with Crippen molar-refractivity contribution in [1.82, 2.24) is 15.1 Å². The molecule has 0 bridgehead atoms. The van der Waals surface area contributed by atoms with Crippen molar-refractivity contribution in [2.24, 2.45) is 16.8 Å². The van der Waals surface area contributed by atoms with Crippen LogP contribution in [0.4, 0.5) is 0 Å². The number of nitrogens with one attached hydrogen (secondary N) is 1.